The van der Waals surface area contributed by atoms with Crippen LogP contribution in [0.4, 0.5) is 0 Å². The highest BCUT2D eigenvalue weighted by Crippen LogP contribution is 2.09. The first-order valence-electron chi connectivity index (χ1n) is 3.95. The summed E-state index contributed by atoms with van der Waals surface area (Å²) in [6.45, 7) is 3.00. The van der Waals surface area contributed by atoms with Crippen molar-refractivity contribution in [2.45, 2.75) is 19.4 Å². The lowest BCUT2D eigenvalue weighted by Crippen LogP contribution is -2.31. The molecule has 0 amide bonds. The lowest BCUT2D eigenvalue weighted by atomic mass is 10.0. The van der Waals surface area contributed by atoms with E-state index in [1.165, 1.54) is 0 Å². The number of methoxy groups -OCH3 is 1. The van der Waals surface area contributed by atoms with E-state index < -0.39 is 0 Å². The largest absolute Gasteiger partial charge is 0.385 e. The molecular formula is C8H19NOS. The van der Waals surface area contributed by atoms with E-state index in [1.54, 1.807) is 18.9 Å². The van der Waals surface area contributed by atoms with Crippen LogP contribution in [-0.2, 0) is 4.74 Å². The minimum Gasteiger partial charge on any atom is -0.385 e. The van der Waals surface area contributed by atoms with Gasteiger partial charge in [0.2, 0.25) is 0 Å². The summed E-state index contributed by atoms with van der Waals surface area (Å²) in [5, 5.41) is 0. The Kier molecular flexibility index (Phi) is 7.12. The highest BCUT2D eigenvalue weighted by Gasteiger charge is 2.10. The third-order valence-electron chi connectivity index (χ3n) is 1.87. The van der Waals surface area contributed by atoms with Crippen LogP contribution >= 0.6 is 11.8 Å². The summed E-state index contributed by atoms with van der Waals surface area (Å²) in [7, 11) is 1.73. The van der Waals surface area contributed by atoms with Crippen molar-refractivity contribution in [2.75, 3.05) is 25.7 Å². The molecule has 2 N–H and O–H groups in total. The minimum absolute atomic E-state index is 0.320. The maximum absolute atomic E-state index is 5.89. The fraction of sp³-hybridized carbons (Fsp3) is 1.00. The second-order valence-electron chi connectivity index (χ2n) is 2.88. The molecule has 0 saturated carbocycles. The normalized spacial score (nSPS) is 16.4. The van der Waals surface area contributed by atoms with Gasteiger partial charge in [0.05, 0.1) is 0 Å². The Morgan fingerprint density at radius 2 is 2.18 bits per heavy atom. The van der Waals surface area contributed by atoms with E-state index in [4.69, 9.17) is 10.5 Å². The SMILES string of the molecule is COCCC(C)C(N)CSC. The zero-order chi connectivity index (χ0) is 8.69. The zero-order valence-corrected chi connectivity index (χ0v) is 8.49. The molecule has 0 aliphatic heterocycles. The molecule has 0 aromatic heterocycles. The molecule has 0 saturated heterocycles. The molecule has 0 bridgehead atoms. The van der Waals surface area contributed by atoms with Gasteiger partial charge in [-0.15, -0.1) is 0 Å². The van der Waals surface area contributed by atoms with Gasteiger partial charge in [0.15, 0.2) is 0 Å². The fourth-order valence-corrected chi connectivity index (χ4v) is 1.59. The Bertz CT molecular complexity index is 90.2. The van der Waals surface area contributed by atoms with E-state index in [-0.39, 0.29) is 0 Å². The monoisotopic (exact) mass is 177 g/mol. The van der Waals surface area contributed by atoms with Crippen molar-refractivity contribution in [3.63, 3.8) is 0 Å². The highest BCUT2D eigenvalue weighted by atomic mass is 32.2. The maximum atomic E-state index is 5.89. The van der Waals surface area contributed by atoms with Crippen molar-refractivity contribution in [3.05, 3.63) is 0 Å². The van der Waals surface area contributed by atoms with Gasteiger partial charge >= 0.3 is 0 Å². The van der Waals surface area contributed by atoms with Crippen LogP contribution in [0.2, 0.25) is 0 Å². The third kappa shape index (κ3) is 5.53. The first-order valence-corrected chi connectivity index (χ1v) is 5.35. The molecule has 0 aliphatic carbocycles. The van der Waals surface area contributed by atoms with Gasteiger partial charge in [-0.25, -0.2) is 0 Å². The highest BCUT2D eigenvalue weighted by molar-refractivity contribution is 7.98. The van der Waals surface area contributed by atoms with Gasteiger partial charge in [-0.2, -0.15) is 11.8 Å². The molecule has 0 spiro atoms. The molecule has 2 unspecified atom stereocenters. The standard InChI is InChI=1S/C8H19NOS/c1-7(4-5-10-2)8(9)6-11-3/h7-8H,4-6,9H2,1-3H3. The van der Waals surface area contributed by atoms with Gasteiger partial charge in [0.25, 0.3) is 0 Å². The van der Waals surface area contributed by atoms with Gasteiger partial charge in [-0.1, -0.05) is 6.92 Å². The third-order valence-corrected chi connectivity index (χ3v) is 2.59. The molecule has 0 aliphatic rings. The van der Waals surface area contributed by atoms with Gasteiger partial charge in [-0.3, -0.25) is 0 Å². The molecule has 0 radical (unpaired) electrons. The molecule has 0 rings (SSSR count). The number of hydrogen-bond acceptors (Lipinski definition) is 3. The van der Waals surface area contributed by atoms with Crippen molar-refractivity contribution < 1.29 is 4.74 Å². The zero-order valence-electron chi connectivity index (χ0n) is 7.67. The summed E-state index contributed by atoms with van der Waals surface area (Å²) < 4.78 is 4.98. The molecule has 0 fully saturated rings. The number of ether oxygens (including phenoxy) is 1. The van der Waals surface area contributed by atoms with Gasteiger partial charge in [0.1, 0.15) is 0 Å². The quantitative estimate of drug-likeness (QED) is 0.665. The predicted molar refractivity (Wildman–Crippen MR) is 52.0 cm³/mol. The number of nitrogens with two attached hydrogens (primary N) is 1. The topological polar surface area (TPSA) is 35.2 Å². The number of rotatable bonds is 6. The van der Waals surface area contributed by atoms with E-state index in [0.29, 0.717) is 12.0 Å². The Hall–Kier alpha value is 0.270. The average molecular weight is 177 g/mol. The molecule has 0 aromatic carbocycles. The molecule has 0 heterocycles. The van der Waals surface area contributed by atoms with Crippen LogP contribution in [0.1, 0.15) is 13.3 Å². The van der Waals surface area contributed by atoms with E-state index in [0.717, 1.165) is 18.8 Å². The van der Waals surface area contributed by atoms with E-state index in [2.05, 4.69) is 13.2 Å². The van der Waals surface area contributed by atoms with Gasteiger partial charge in [-0.05, 0) is 18.6 Å². The van der Waals surface area contributed by atoms with E-state index in [1.807, 2.05) is 0 Å². The average Bonchev–Trinajstić information content (AvgIpc) is 2.00. The second-order valence-corrected chi connectivity index (χ2v) is 3.79. The molecule has 0 aromatic rings. The molecule has 2 nitrogen and oxygen atoms in total. The van der Waals surface area contributed by atoms with Crippen molar-refractivity contribution in [2.24, 2.45) is 11.7 Å². The van der Waals surface area contributed by atoms with Crippen LogP contribution < -0.4 is 5.73 Å². The van der Waals surface area contributed by atoms with Crippen LogP contribution in [0.3, 0.4) is 0 Å². The minimum atomic E-state index is 0.320. The molecule has 68 valence electrons. The van der Waals surface area contributed by atoms with Crippen LogP contribution in [0.15, 0.2) is 0 Å². The van der Waals surface area contributed by atoms with Crippen molar-refractivity contribution >= 4 is 11.8 Å². The van der Waals surface area contributed by atoms with E-state index >= 15 is 0 Å². The summed E-state index contributed by atoms with van der Waals surface area (Å²) in [6, 6.07) is 0.320. The van der Waals surface area contributed by atoms with Crippen LogP contribution in [-0.4, -0.2) is 31.8 Å². The number of hydrogen-bond donors (Lipinski definition) is 1. The lowest BCUT2D eigenvalue weighted by Gasteiger charge is -2.18. The van der Waals surface area contributed by atoms with Crippen LogP contribution in [0.25, 0.3) is 0 Å². The Morgan fingerprint density at radius 1 is 1.55 bits per heavy atom. The first-order chi connectivity index (χ1) is 5.22. The summed E-state index contributed by atoms with van der Waals surface area (Å²) in [5.74, 6) is 1.62. The summed E-state index contributed by atoms with van der Waals surface area (Å²) in [4.78, 5) is 0. The molecule has 3 heteroatoms. The summed E-state index contributed by atoms with van der Waals surface area (Å²) >= 11 is 1.81. The molecule has 2 atom stereocenters. The van der Waals surface area contributed by atoms with Crippen molar-refractivity contribution in [3.8, 4) is 0 Å². The summed E-state index contributed by atoms with van der Waals surface area (Å²) in [5.41, 5.74) is 5.89. The first kappa shape index (κ1) is 11.3. The van der Waals surface area contributed by atoms with Crippen LogP contribution in [0, 0.1) is 5.92 Å². The predicted octanol–water partition coefficient (Wildman–Crippen LogP) is 1.35. The van der Waals surface area contributed by atoms with E-state index in [9.17, 15) is 0 Å². The Labute approximate surface area is 73.9 Å². The number of thioether (sulfide) groups is 1. The summed E-state index contributed by atoms with van der Waals surface area (Å²) in [6.07, 6.45) is 3.15. The smallest absolute Gasteiger partial charge is 0.0465 e. The van der Waals surface area contributed by atoms with Crippen molar-refractivity contribution in [1.82, 2.24) is 0 Å². The second kappa shape index (κ2) is 6.95. The lowest BCUT2D eigenvalue weighted by molar-refractivity contribution is 0.176. The molecule has 11 heavy (non-hydrogen) atoms. The van der Waals surface area contributed by atoms with Crippen LogP contribution in [0.5, 0.6) is 0 Å². The van der Waals surface area contributed by atoms with Gasteiger partial charge < -0.3 is 10.5 Å². The molecular weight excluding hydrogens is 158 g/mol. The Balaban J connectivity index is 3.38. The van der Waals surface area contributed by atoms with Crippen molar-refractivity contribution in [1.29, 1.82) is 0 Å². The fourth-order valence-electron chi connectivity index (χ4n) is 0.875. The maximum Gasteiger partial charge on any atom is 0.0465 e. The Morgan fingerprint density at radius 3 is 2.64 bits per heavy atom. The van der Waals surface area contributed by atoms with Gasteiger partial charge in [0, 0.05) is 25.5 Å².